The molecule has 0 aromatic heterocycles. The first kappa shape index (κ1) is 11.0. The second kappa shape index (κ2) is 4.61. The van der Waals surface area contributed by atoms with Crippen LogP contribution in [0.25, 0.3) is 0 Å². The van der Waals surface area contributed by atoms with E-state index in [1.54, 1.807) is 12.1 Å². The summed E-state index contributed by atoms with van der Waals surface area (Å²) in [5.74, 6) is 0.285. The predicted octanol–water partition coefficient (Wildman–Crippen LogP) is 4.03. The summed E-state index contributed by atoms with van der Waals surface area (Å²) in [6.07, 6.45) is 0.898. The van der Waals surface area contributed by atoms with Gasteiger partial charge in [0.25, 0.3) is 0 Å². The second-order valence-electron chi connectivity index (χ2n) is 4.50. The number of nitrogens with zero attached hydrogens (tertiary/aromatic N) is 2. The summed E-state index contributed by atoms with van der Waals surface area (Å²) in [6.45, 7) is 0. The highest BCUT2D eigenvalue weighted by molar-refractivity contribution is 5.29. The van der Waals surface area contributed by atoms with Gasteiger partial charge in [0.2, 0.25) is 0 Å². The van der Waals surface area contributed by atoms with Gasteiger partial charge in [-0.05, 0) is 23.3 Å². The minimum Gasteiger partial charge on any atom is -0.508 e. The minimum atomic E-state index is 0.107. The first-order chi connectivity index (χ1) is 8.83. The number of phenolic OH excluding ortho intramolecular Hbond substituents is 1. The standard InChI is InChI=1S/C15H14N2O/c18-13-8-6-12(7-9-13)15-10-14(16-17-15)11-4-2-1-3-5-11/h1-9,14-15,18H,10H2. The maximum atomic E-state index is 9.28. The first-order valence-electron chi connectivity index (χ1n) is 6.07. The van der Waals surface area contributed by atoms with Crippen LogP contribution in [0, 0.1) is 0 Å². The van der Waals surface area contributed by atoms with E-state index < -0.39 is 0 Å². The fraction of sp³-hybridized carbons (Fsp3) is 0.200. The van der Waals surface area contributed by atoms with Crippen molar-refractivity contribution >= 4 is 0 Å². The molecule has 2 atom stereocenters. The highest BCUT2D eigenvalue weighted by Gasteiger charge is 2.24. The molecule has 0 radical (unpaired) electrons. The Labute approximate surface area is 106 Å². The number of rotatable bonds is 2. The van der Waals surface area contributed by atoms with E-state index in [9.17, 15) is 5.11 Å². The summed E-state index contributed by atoms with van der Waals surface area (Å²) in [4.78, 5) is 0. The summed E-state index contributed by atoms with van der Waals surface area (Å²) in [5.41, 5.74) is 2.32. The Balaban J connectivity index is 1.77. The van der Waals surface area contributed by atoms with Crippen molar-refractivity contribution in [2.45, 2.75) is 18.5 Å². The zero-order valence-corrected chi connectivity index (χ0v) is 9.90. The molecule has 1 heterocycles. The van der Waals surface area contributed by atoms with E-state index in [1.165, 1.54) is 5.56 Å². The lowest BCUT2D eigenvalue weighted by atomic mass is 9.97. The van der Waals surface area contributed by atoms with Gasteiger partial charge in [0.05, 0.1) is 12.1 Å². The lowest BCUT2D eigenvalue weighted by molar-refractivity contribution is 0.475. The lowest BCUT2D eigenvalue weighted by Crippen LogP contribution is -1.96. The topological polar surface area (TPSA) is 45.0 Å². The third-order valence-electron chi connectivity index (χ3n) is 3.25. The quantitative estimate of drug-likeness (QED) is 0.843. The van der Waals surface area contributed by atoms with Crippen molar-refractivity contribution in [1.82, 2.24) is 0 Å². The zero-order valence-electron chi connectivity index (χ0n) is 9.90. The van der Waals surface area contributed by atoms with E-state index >= 15 is 0 Å². The van der Waals surface area contributed by atoms with Gasteiger partial charge in [-0.15, -0.1) is 0 Å². The number of aromatic hydroxyl groups is 1. The molecule has 0 spiro atoms. The molecule has 3 heteroatoms. The summed E-state index contributed by atoms with van der Waals surface area (Å²) >= 11 is 0. The summed E-state index contributed by atoms with van der Waals surface area (Å²) in [5, 5.41) is 18.0. The smallest absolute Gasteiger partial charge is 0.115 e. The van der Waals surface area contributed by atoms with Gasteiger partial charge in [-0.25, -0.2) is 0 Å². The SMILES string of the molecule is Oc1ccc(C2CC(c3ccccc3)N=N2)cc1. The largest absolute Gasteiger partial charge is 0.508 e. The Kier molecular flexibility index (Phi) is 2.81. The molecule has 3 nitrogen and oxygen atoms in total. The number of hydrogen-bond donors (Lipinski definition) is 1. The van der Waals surface area contributed by atoms with Gasteiger partial charge in [0, 0.05) is 6.42 Å². The zero-order chi connectivity index (χ0) is 12.4. The molecule has 18 heavy (non-hydrogen) atoms. The van der Waals surface area contributed by atoms with Crippen LogP contribution >= 0.6 is 0 Å². The molecule has 1 aliphatic heterocycles. The van der Waals surface area contributed by atoms with E-state index in [2.05, 4.69) is 22.4 Å². The Morgan fingerprint density at radius 3 is 1.94 bits per heavy atom. The van der Waals surface area contributed by atoms with Crippen molar-refractivity contribution in [2.75, 3.05) is 0 Å². The molecule has 2 aromatic rings. The highest BCUT2D eigenvalue weighted by atomic mass is 16.3. The molecule has 2 unspecified atom stereocenters. The van der Waals surface area contributed by atoms with Crippen LogP contribution in [0.3, 0.4) is 0 Å². The third kappa shape index (κ3) is 2.12. The normalized spacial score (nSPS) is 22.2. The maximum absolute atomic E-state index is 9.28. The van der Waals surface area contributed by atoms with E-state index in [1.807, 2.05) is 30.3 Å². The Bertz CT molecular complexity index is 548. The van der Waals surface area contributed by atoms with Crippen LogP contribution in [0.5, 0.6) is 5.75 Å². The number of azo groups is 1. The molecule has 0 aliphatic carbocycles. The molecule has 0 fully saturated rings. The van der Waals surface area contributed by atoms with Gasteiger partial charge >= 0.3 is 0 Å². The number of benzene rings is 2. The Morgan fingerprint density at radius 1 is 0.778 bits per heavy atom. The maximum Gasteiger partial charge on any atom is 0.115 e. The van der Waals surface area contributed by atoms with Gasteiger partial charge in [-0.3, -0.25) is 0 Å². The van der Waals surface area contributed by atoms with Gasteiger partial charge in [0.15, 0.2) is 0 Å². The highest BCUT2D eigenvalue weighted by Crippen LogP contribution is 2.38. The van der Waals surface area contributed by atoms with Crippen LogP contribution in [-0.2, 0) is 0 Å². The van der Waals surface area contributed by atoms with Crippen molar-refractivity contribution < 1.29 is 5.11 Å². The molecule has 0 amide bonds. The van der Waals surface area contributed by atoms with Crippen LogP contribution in [0.15, 0.2) is 64.8 Å². The van der Waals surface area contributed by atoms with Crippen molar-refractivity contribution in [1.29, 1.82) is 0 Å². The van der Waals surface area contributed by atoms with E-state index in [0.717, 1.165) is 12.0 Å². The van der Waals surface area contributed by atoms with Crippen molar-refractivity contribution in [3.8, 4) is 5.75 Å². The van der Waals surface area contributed by atoms with Crippen molar-refractivity contribution in [2.24, 2.45) is 10.2 Å². The molecule has 0 saturated carbocycles. The van der Waals surface area contributed by atoms with Crippen LogP contribution in [0.4, 0.5) is 0 Å². The lowest BCUT2D eigenvalue weighted by Gasteiger charge is -2.09. The van der Waals surface area contributed by atoms with Crippen LogP contribution in [-0.4, -0.2) is 5.11 Å². The average molecular weight is 238 g/mol. The Morgan fingerprint density at radius 2 is 1.33 bits per heavy atom. The minimum absolute atomic E-state index is 0.107. The molecular formula is C15H14N2O. The van der Waals surface area contributed by atoms with E-state index in [0.29, 0.717) is 0 Å². The predicted molar refractivity (Wildman–Crippen MR) is 69.5 cm³/mol. The molecule has 3 rings (SSSR count). The summed E-state index contributed by atoms with van der Waals surface area (Å²) < 4.78 is 0. The average Bonchev–Trinajstić information content (AvgIpc) is 2.90. The van der Waals surface area contributed by atoms with Gasteiger partial charge in [0.1, 0.15) is 5.75 Å². The second-order valence-corrected chi connectivity index (χ2v) is 4.50. The monoisotopic (exact) mass is 238 g/mol. The van der Waals surface area contributed by atoms with Gasteiger partial charge in [-0.2, -0.15) is 10.2 Å². The summed E-state index contributed by atoms with van der Waals surface area (Å²) in [6, 6.07) is 17.7. The number of phenols is 1. The van der Waals surface area contributed by atoms with Crippen LogP contribution in [0.2, 0.25) is 0 Å². The van der Waals surface area contributed by atoms with Crippen molar-refractivity contribution in [3.63, 3.8) is 0 Å². The molecule has 0 bridgehead atoms. The van der Waals surface area contributed by atoms with E-state index in [-0.39, 0.29) is 17.8 Å². The Hall–Kier alpha value is -2.16. The van der Waals surface area contributed by atoms with E-state index in [4.69, 9.17) is 0 Å². The van der Waals surface area contributed by atoms with Gasteiger partial charge < -0.3 is 5.11 Å². The fourth-order valence-corrected chi connectivity index (χ4v) is 2.24. The molecular weight excluding hydrogens is 224 g/mol. The molecule has 1 N–H and O–H groups in total. The molecule has 90 valence electrons. The number of hydrogen-bond acceptors (Lipinski definition) is 3. The molecule has 0 saturated heterocycles. The fourth-order valence-electron chi connectivity index (χ4n) is 2.24. The first-order valence-corrected chi connectivity index (χ1v) is 6.07. The van der Waals surface area contributed by atoms with Crippen molar-refractivity contribution in [3.05, 3.63) is 65.7 Å². The molecule has 2 aromatic carbocycles. The van der Waals surface area contributed by atoms with Gasteiger partial charge in [-0.1, -0.05) is 42.5 Å². The molecule has 1 aliphatic rings. The van der Waals surface area contributed by atoms with Crippen LogP contribution < -0.4 is 0 Å². The summed E-state index contributed by atoms with van der Waals surface area (Å²) in [7, 11) is 0. The third-order valence-corrected chi connectivity index (χ3v) is 3.25. The van der Waals surface area contributed by atoms with Crippen LogP contribution in [0.1, 0.15) is 29.6 Å².